The highest BCUT2D eigenvalue weighted by Crippen LogP contribution is 2.49. The number of nitrogens with one attached hydrogen (secondary N) is 2. The number of rotatable bonds is 10. The van der Waals surface area contributed by atoms with Gasteiger partial charge in [0, 0.05) is 48.6 Å². The van der Waals surface area contributed by atoms with Crippen LogP contribution in [0.5, 0.6) is 0 Å². The van der Waals surface area contributed by atoms with Crippen molar-refractivity contribution in [1.82, 2.24) is 15.4 Å². The fraction of sp³-hybridized carbons (Fsp3) is 0.375. The van der Waals surface area contributed by atoms with Gasteiger partial charge >= 0.3 is 0 Å². The lowest BCUT2D eigenvalue weighted by Crippen LogP contribution is -2.52. The maximum Gasteiger partial charge on any atom is 0.255 e. The molecule has 1 unspecified atom stereocenters. The van der Waals surface area contributed by atoms with Gasteiger partial charge in [0.2, 0.25) is 11.8 Å². The van der Waals surface area contributed by atoms with Gasteiger partial charge in [-0.3, -0.25) is 19.7 Å². The maximum atomic E-state index is 15.3. The first kappa shape index (κ1) is 32.7. The number of halogens is 1. The molecule has 4 aromatic rings. The second-order valence-corrected chi connectivity index (χ2v) is 14.6. The fourth-order valence-electron chi connectivity index (χ4n) is 7.82. The third-order valence-electron chi connectivity index (χ3n) is 11.2. The van der Waals surface area contributed by atoms with Crippen LogP contribution in [0.1, 0.15) is 70.6 Å². The number of imide groups is 1. The lowest BCUT2D eigenvalue weighted by molar-refractivity contribution is -0.136. The number of carbonyl (C=O) groups excluding carboxylic acids is 3. The Morgan fingerprint density at radius 3 is 2.55 bits per heavy atom. The van der Waals surface area contributed by atoms with Gasteiger partial charge in [-0.1, -0.05) is 29.4 Å². The van der Waals surface area contributed by atoms with E-state index < -0.39 is 17.8 Å². The van der Waals surface area contributed by atoms with Crippen LogP contribution in [0.2, 0.25) is 0 Å². The summed E-state index contributed by atoms with van der Waals surface area (Å²) in [5.41, 5.74) is 7.95. The number of aryl methyl sites for hydroxylation is 3. The van der Waals surface area contributed by atoms with E-state index in [1.165, 1.54) is 11.0 Å². The second-order valence-electron chi connectivity index (χ2n) is 14.6. The van der Waals surface area contributed by atoms with Crippen molar-refractivity contribution >= 4 is 34.8 Å². The fourth-order valence-corrected chi connectivity index (χ4v) is 7.82. The van der Waals surface area contributed by atoms with Gasteiger partial charge in [-0.05, 0) is 111 Å². The minimum atomic E-state index is -0.747. The van der Waals surface area contributed by atoms with Gasteiger partial charge in [0.25, 0.3) is 5.91 Å². The maximum absolute atomic E-state index is 15.3. The SMILES string of the molecule is Cc1ccc(-c2c(C)noc2C)cc1N(C[C@H]1C[C@@H]1CNc1cc2c(cc1F)CN(C1CCC(=O)NC1=O)C2=O)c1ccc(C2(C#N)CC2)cc1. The molecule has 2 saturated carbocycles. The molecule has 51 heavy (non-hydrogen) atoms. The third kappa shape index (κ3) is 5.92. The van der Waals surface area contributed by atoms with Gasteiger partial charge in [0.05, 0.1) is 22.9 Å². The molecule has 2 N–H and O–H groups in total. The number of benzene rings is 3. The number of amides is 3. The molecule has 3 fully saturated rings. The van der Waals surface area contributed by atoms with Crippen LogP contribution in [0.3, 0.4) is 0 Å². The molecular formula is C40H39FN6O4. The Morgan fingerprint density at radius 2 is 1.86 bits per heavy atom. The molecule has 2 aliphatic heterocycles. The van der Waals surface area contributed by atoms with Gasteiger partial charge in [-0.25, -0.2) is 4.39 Å². The summed E-state index contributed by atoms with van der Waals surface area (Å²) >= 11 is 0. The molecular weight excluding hydrogens is 647 g/mol. The predicted octanol–water partition coefficient (Wildman–Crippen LogP) is 6.61. The molecule has 8 rings (SSSR count). The van der Waals surface area contributed by atoms with Gasteiger partial charge in [-0.15, -0.1) is 0 Å². The summed E-state index contributed by atoms with van der Waals surface area (Å²) in [6, 6.07) is 19.5. The number of nitrogens with zero attached hydrogens (tertiary/aromatic N) is 4. The smallest absolute Gasteiger partial charge is 0.255 e. The molecule has 0 bridgehead atoms. The average Bonchev–Trinajstić information content (AvgIpc) is 4.02. The minimum Gasteiger partial charge on any atom is -0.382 e. The minimum absolute atomic E-state index is 0.132. The molecule has 11 heteroatoms. The summed E-state index contributed by atoms with van der Waals surface area (Å²) in [4.78, 5) is 41.2. The second kappa shape index (κ2) is 12.4. The lowest BCUT2D eigenvalue weighted by Gasteiger charge is -2.29. The summed E-state index contributed by atoms with van der Waals surface area (Å²) in [5.74, 6) is -0.226. The van der Waals surface area contributed by atoms with Crippen molar-refractivity contribution in [2.24, 2.45) is 11.8 Å². The zero-order chi connectivity index (χ0) is 35.6. The van der Waals surface area contributed by atoms with Crippen molar-refractivity contribution < 1.29 is 23.3 Å². The van der Waals surface area contributed by atoms with Crippen LogP contribution < -0.4 is 15.5 Å². The molecule has 2 aliphatic carbocycles. The summed E-state index contributed by atoms with van der Waals surface area (Å²) in [5, 5.41) is 19.5. The van der Waals surface area contributed by atoms with Crippen LogP contribution in [0.4, 0.5) is 21.5 Å². The van der Waals surface area contributed by atoms with Crippen LogP contribution in [0, 0.1) is 49.8 Å². The Bertz CT molecular complexity index is 2110. The van der Waals surface area contributed by atoms with E-state index in [-0.39, 0.29) is 48.2 Å². The first-order chi connectivity index (χ1) is 24.5. The van der Waals surface area contributed by atoms with E-state index in [2.05, 4.69) is 76.1 Å². The number of fused-ring (bicyclic) bond motifs is 1. The largest absolute Gasteiger partial charge is 0.382 e. The third-order valence-corrected chi connectivity index (χ3v) is 11.2. The van der Waals surface area contributed by atoms with Crippen molar-refractivity contribution in [3.05, 3.63) is 94.1 Å². The molecule has 1 saturated heterocycles. The Kier molecular flexibility index (Phi) is 7.93. The number of carbonyl (C=O) groups is 3. The van der Waals surface area contributed by atoms with Gasteiger partial charge in [-0.2, -0.15) is 5.26 Å². The normalized spacial score (nSPS) is 21.6. The Labute approximate surface area is 295 Å². The molecule has 4 aliphatic rings. The highest BCUT2D eigenvalue weighted by atomic mass is 19.1. The molecule has 260 valence electrons. The molecule has 3 atom stereocenters. The Morgan fingerprint density at radius 1 is 1.08 bits per heavy atom. The molecule has 10 nitrogen and oxygen atoms in total. The zero-order valence-electron chi connectivity index (χ0n) is 28.9. The number of hydrogen-bond acceptors (Lipinski definition) is 8. The monoisotopic (exact) mass is 686 g/mol. The summed E-state index contributed by atoms with van der Waals surface area (Å²) in [7, 11) is 0. The van der Waals surface area contributed by atoms with Crippen LogP contribution in [0.25, 0.3) is 11.1 Å². The molecule has 3 heterocycles. The van der Waals surface area contributed by atoms with Crippen molar-refractivity contribution in [3.63, 3.8) is 0 Å². The van der Waals surface area contributed by atoms with Crippen molar-refractivity contribution in [1.29, 1.82) is 5.26 Å². The van der Waals surface area contributed by atoms with E-state index in [1.54, 1.807) is 6.07 Å². The predicted molar refractivity (Wildman–Crippen MR) is 189 cm³/mol. The van der Waals surface area contributed by atoms with Crippen LogP contribution in [-0.4, -0.2) is 46.9 Å². The molecule has 3 amide bonds. The standard InChI is InChI=1S/C40H39FN6O4/c1-22-4-5-25(37-23(2)45-51-24(37)3)16-35(22)46(30-8-6-29(7-9-30)40(21-42)12-13-40)19-27-14-26(27)18-43-33-17-31-28(15-32(33)41)20-47(39(31)50)34-10-11-36(48)44-38(34)49/h4-9,15-17,26-27,34,43H,10-14,18-20H2,1-3H3,(H,44,48,49)/t26-,27-,34?/m1/s1. The summed E-state index contributed by atoms with van der Waals surface area (Å²) in [6.45, 7) is 7.39. The number of nitriles is 1. The highest BCUT2D eigenvalue weighted by molar-refractivity contribution is 6.05. The van der Waals surface area contributed by atoms with Gasteiger partial charge < -0.3 is 19.6 Å². The van der Waals surface area contributed by atoms with E-state index in [0.717, 1.165) is 70.9 Å². The van der Waals surface area contributed by atoms with Crippen molar-refractivity contribution in [2.75, 3.05) is 23.3 Å². The number of hydrogen-bond donors (Lipinski definition) is 2. The van der Waals surface area contributed by atoms with Crippen molar-refractivity contribution in [3.8, 4) is 17.2 Å². The summed E-state index contributed by atoms with van der Waals surface area (Å²) < 4.78 is 20.8. The molecule has 1 aromatic heterocycles. The van der Waals surface area contributed by atoms with Gasteiger partial charge in [0.1, 0.15) is 17.6 Å². The van der Waals surface area contributed by atoms with Crippen LogP contribution >= 0.6 is 0 Å². The Balaban J connectivity index is 1.00. The summed E-state index contributed by atoms with van der Waals surface area (Å²) in [6.07, 6.45) is 3.15. The highest BCUT2D eigenvalue weighted by Gasteiger charge is 2.45. The van der Waals surface area contributed by atoms with Crippen LogP contribution in [-0.2, 0) is 21.5 Å². The quantitative estimate of drug-likeness (QED) is 0.178. The van der Waals surface area contributed by atoms with E-state index >= 15 is 4.39 Å². The van der Waals surface area contributed by atoms with Gasteiger partial charge in [0.15, 0.2) is 0 Å². The van der Waals surface area contributed by atoms with E-state index in [4.69, 9.17) is 4.52 Å². The number of piperidine rings is 1. The first-order valence-electron chi connectivity index (χ1n) is 17.6. The van der Waals surface area contributed by atoms with E-state index in [0.29, 0.717) is 23.6 Å². The van der Waals surface area contributed by atoms with Crippen molar-refractivity contribution in [2.45, 2.75) is 70.9 Å². The number of anilines is 3. The van der Waals surface area contributed by atoms with Crippen LogP contribution in [0.15, 0.2) is 59.1 Å². The number of aromatic nitrogens is 1. The Hall–Kier alpha value is -5.50. The lowest BCUT2D eigenvalue weighted by atomic mass is 9.97. The zero-order valence-corrected chi connectivity index (χ0v) is 28.9. The molecule has 0 radical (unpaired) electrons. The molecule has 0 spiro atoms. The van der Waals surface area contributed by atoms with E-state index in [1.807, 2.05) is 13.8 Å². The first-order valence-corrected chi connectivity index (χ1v) is 17.6. The average molecular weight is 687 g/mol. The van der Waals surface area contributed by atoms with E-state index in [9.17, 15) is 19.6 Å². The molecule has 3 aromatic carbocycles. The topological polar surface area (TPSA) is 132 Å².